The fourth-order valence-corrected chi connectivity index (χ4v) is 3.07. The molecule has 2 heterocycles. The second-order valence-corrected chi connectivity index (χ2v) is 5.98. The Kier molecular flexibility index (Phi) is 4.91. The van der Waals surface area contributed by atoms with Crippen molar-refractivity contribution in [3.05, 3.63) is 30.1 Å². The van der Waals surface area contributed by atoms with Crippen LogP contribution >= 0.6 is 0 Å². The summed E-state index contributed by atoms with van der Waals surface area (Å²) in [5, 5.41) is 9.17. The summed E-state index contributed by atoms with van der Waals surface area (Å²) < 4.78 is 24.6. The van der Waals surface area contributed by atoms with E-state index in [9.17, 15) is 14.3 Å². The topological polar surface area (TPSA) is 62.2 Å². The molecule has 2 saturated heterocycles. The molecule has 1 aromatic rings. The highest BCUT2D eigenvalue weighted by Crippen LogP contribution is 2.27. The summed E-state index contributed by atoms with van der Waals surface area (Å²) in [6, 6.07) is 5.86. The maximum Gasteiger partial charge on any atom is 0.253 e. The fraction of sp³-hybridized carbons (Fsp3) is 0.562. The highest BCUT2D eigenvalue weighted by molar-refractivity contribution is 5.95. The molecule has 1 aromatic carbocycles. The molecule has 1 spiro atoms. The number of aliphatic hydroxyl groups excluding tert-OH is 1. The number of halogens is 1. The molecule has 6 nitrogen and oxygen atoms in total. The van der Waals surface area contributed by atoms with Crippen LogP contribution in [0.1, 0.15) is 0 Å². The van der Waals surface area contributed by atoms with E-state index in [4.69, 9.17) is 9.47 Å². The molecule has 1 N–H and O–H groups in total. The van der Waals surface area contributed by atoms with E-state index < -0.39 is 5.60 Å². The maximum atomic E-state index is 13.1. The molecule has 2 aliphatic rings. The molecular formula is C16H21FN2O4. The standard InChI is InChI=1S/C16H21FN2O4/c17-13-1-3-14(4-2-13)19-11-16(23-9-15(19)21)10-18(5-7-20)6-8-22-12-16/h1-4,20H,5-12H2/t16-/m0/s1. The monoisotopic (exact) mass is 324 g/mol. The van der Waals surface area contributed by atoms with Gasteiger partial charge in [-0.1, -0.05) is 0 Å². The van der Waals surface area contributed by atoms with E-state index in [1.165, 1.54) is 12.1 Å². The van der Waals surface area contributed by atoms with Crippen molar-refractivity contribution in [2.24, 2.45) is 0 Å². The summed E-state index contributed by atoms with van der Waals surface area (Å²) in [6.45, 7) is 3.17. The number of morpholine rings is 1. The molecule has 2 fully saturated rings. The number of carbonyl (C=O) groups is 1. The van der Waals surface area contributed by atoms with Crippen LogP contribution in [0.15, 0.2) is 24.3 Å². The highest BCUT2D eigenvalue weighted by Gasteiger charge is 2.43. The van der Waals surface area contributed by atoms with Crippen LogP contribution in [0.25, 0.3) is 0 Å². The lowest BCUT2D eigenvalue weighted by atomic mass is 10.0. The number of hydrogen-bond acceptors (Lipinski definition) is 5. The van der Waals surface area contributed by atoms with E-state index in [1.54, 1.807) is 17.0 Å². The second-order valence-electron chi connectivity index (χ2n) is 5.98. The Balaban J connectivity index is 1.80. The first-order valence-corrected chi connectivity index (χ1v) is 7.73. The summed E-state index contributed by atoms with van der Waals surface area (Å²) in [7, 11) is 0. The third kappa shape index (κ3) is 3.69. The number of ether oxygens (including phenoxy) is 2. The van der Waals surface area contributed by atoms with Crippen molar-refractivity contribution in [2.75, 3.05) is 57.5 Å². The molecule has 0 aliphatic carbocycles. The number of nitrogens with zero attached hydrogens (tertiary/aromatic N) is 2. The molecule has 1 atom stereocenters. The first kappa shape index (κ1) is 16.3. The first-order valence-electron chi connectivity index (χ1n) is 7.73. The predicted octanol–water partition coefficient (Wildman–Crippen LogP) is 0.252. The molecule has 0 radical (unpaired) electrons. The van der Waals surface area contributed by atoms with Gasteiger partial charge in [0, 0.05) is 25.3 Å². The summed E-state index contributed by atoms with van der Waals surface area (Å²) in [5.74, 6) is -0.490. The van der Waals surface area contributed by atoms with Gasteiger partial charge in [-0.2, -0.15) is 0 Å². The van der Waals surface area contributed by atoms with E-state index in [0.29, 0.717) is 38.5 Å². The lowest BCUT2D eigenvalue weighted by Crippen LogP contribution is -2.61. The molecule has 0 aromatic heterocycles. The Morgan fingerprint density at radius 1 is 1.26 bits per heavy atom. The van der Waals surface area contributed by atoms with Gasteiger partial charge >= 0.3 is 0 Å². The van der Waals surface area contributed by atoms with Crippen LogP contribution in [0.5, 0.6) is 0 Å². The van der Waals surface area contributed by atoms with Crippen LogP contribution in [0, 0.1) is 5.82 Å². The van der Waals surface area contributed by atoms with Gasteiger partial charge in [0.25, 0.3) is 5.91 Å². The largest absolute Gasteiger partial charge is 0.395 e. The van der Waals surface area contributed by atoms with Crippen molar-refractivity contribution in [3.63, 3.8) is 0 Å². The van der Waals surface area contributed by atoms with E-state index in [0.717, 1.165) is 6.54 Å². The SMILES string of the molecule is O=C1CO[C@]2(COCCN(CCO)C2)CN1c1ccc(F)cc1. The quantitative estimate of drug-likeness (QED) is 0.864. The molecular weight excluding hydrogens is 303 g/mol. The van der Waals surface area contributed by atoms with Crippen molar-refractivity contribution < 1.29 is 23.8 Å². The Hall–Kier alpha value is -1.54. The molecule has 0 bridgehead atoms. The summed E-state index contributed by atoms with van der Waals surface area (Å²) in [6.07, 6.45) is 0. The first-order chi connectivity index (χ1) is 11.1. The van der Waals surface area contributed by atoms with Crippen LogP contribution in [0.3, 0.4) is 0 Å². The summed E-state index contributed by atoms with van der Waals surface area (Å²) in [5.41, 5.74) is 0.0190. The third-order valence-electron chi connectivity index (χ3n) is 4.23. The molecule has 23 heavy (non-hydrogen) atoms. The Labute approximate surface area is 134 Å². The Morgan fingerprint density at radius 3 is 2.78 bits per heavy atom. The maximum absolute atomic E-state index is 13.1. The van der Waals surface area contributed by atoms with Crippen LogP contribution < -0.4 is 4.90 Å². The molecule has 0 unspecified atom stereocenters. The van der Waals surface area contributed by atoms with Crippen LogP contribution in [0.4, 0.5) is 10.1 Å². The zero-order chi connectivity index (χ0) is 16.3. The van der Waals surface area contributed by atoms with Gasteiger partial charge in [0.1, 0.15) is 18.0 Å². The number of amides is 1. The van der Waals surface area contributed by atoms with Crippen LogP contribution in [-0.2, 0) is 14.3 Å². The van der Waals surface area contributed by atoms with Crippen molar-refractivity contribution in [2.45, 2.75) is 5.60 Å². The number of aliphatic hydroxyl groups is 1. The lowest BCUT2D eigenvalue weighted by molar-refractivity contribution is -0.146. The Morgan fingerprint density at radius 2 is 2.04 bits per heavy atom. The number of hydrogen-bond donors (Lipinski definition) is 1. The van der Waals surface area contributed by atoms with Gasteiger partial charge in [0.05, 0.1) is 26.4 Å². The van der Waals surface area contributed by atoms with Gasteiger partial charge in [-0.3, -0.25) is 9.69 Å². The van der Waals surface area contributed by atoms with E-state index >= 15 is 0 Å². The second kappa shape index (κ2) is 6.92. The van der Waals surface area contributed by atoms with Crippen molar-refractivity contribution in [1.29, 1.82) is 0 Å². The highest BCUT2D eigenvalue weighted by atomic mass is 19.1. The molecule has 0 saturated carbocycles. The van der Waals surface area contributed by atoms with Gasteiger partial charge in [-0.25, -0.2) is 4.39 Å². The smallest absolute Gasteiger partial charge is 0.253 e. The minimum Gasteiger partial charge on any atom is -0.395 e. The molecule has 2 aliphatic heterocycles. The average Bonchev–Trinajstić information content (AvgIpc) is 2.74. The van der Waals surface area contributed by atoms with Gasteiger partial charge in [0.2, 0.25) is 0 Å². The molecule has 126 valence electrons. The third-order valence-corrected chi connectivity index (χ3v) is 4.23. The van der Waals surface area contributed by atoms with Gasteiger partial charge in [0.15, 0.2) is 0 Å². The van der Waals surface area contributed by atoms with Gasteiger partial charge < -0.3 is 19.5 Å². The predicted molar refractivity (Wildman–Crippen MR) is 81.8 cm³/mol. The van der Waals surface area contributed by atoms with Crippen molar-refractivity contribution >= 4 is 11.6 Å². The number of rotatable bonds is 3. The molecule has 3 rings (SSSR count). The number of carbonyl (C=O) groups excluding carboxylic acids is 1. The number of anilines is 1. The van der Waals surface area contributed by atoms with Crippen molar-refractivity contribution in [1.82, 2.24) is 4.90 Å². The normalized spacial score (nSPS) is 26.5. The van der Waals surface area contributed by atoms with E-state index in [-0.39, 0.29) is 24.9 Å². The zero-order valence-electron chi connectivity index (χ0n) is 12.9. The van der Waals surface area contributed by atoms with Crippen LogP contribution in [0.2, 0.25) is 0 Å². The Bertz CT molecular complexity index is 554. The van der Waals surface area contributed by atoms with E-state index in [2.05, 4.69) is 4.90 Å². The van der Waals surface area contributed by atoms with Crippen molar-refractivity contribution in [3.8, 4) is 0 Å². The molecule has 7 heteroatoms. The van der Waals surface area contributed by atoms with Gasteiger partial charge in [-0.05, 0) is 24.3 Å². The van der Waals surface area contributed by atoms with Gasteiger partial charge in [-0.15, -0.1) is 0 Å². The number of β-amino-alcohol motifs (C(OH)–C–C–N with tert-alkyl or cyclic N) is 1. The fourth-order valence-electron chi connectivity index (χ4n) is 3.07. The molecule has 1 amide bonds. The van der Waals surface area contributed by atoms with Crippen LogP contribution in [-0.4, -0.2) is 74.1 Å². The summed E-state index contributed by atoms with van der Waals surface area (Å²) >= 11 is 0. The minimum absolute atomic E-state index is 0.0340. The van der Waals surface area contributed by atoms with E-state index in [1.807, 2.05) is 0 Å². The number of benzene rings is 1. The minimum atomic E-state index is -0.631. The lowest BCUT2D eigenvalue weighted by Gasteiger charge is -2.43. The summed E-state index contributed by atoms with van der Waals surface area (Å²) in [4.78, 5) is 15.9. The average molecular weight is 324 g/mol. The zero-order valence-corrected chi connectivity index (χ0v) is 12.9.